The summed E-state index contributed by atoms with van der Waals surface area (Å²) < 4.78 is 5.72. The highest BCUT2D eigenvalue weighted by molar-refractivity contribution is 5.90. The summed E-state index contributed by atoms with van der Waals surface area (Å²) in [5.74, 6) is 0.0870. The lowest BCUT2D eigenvalue weighted by atomic mass is 9.47. The molecule has 3 N–H and O–H groups in total. The number of ether oxygens (including phenoxy) is 1. The van der Waals surface area contributed by atoms with Gasteiger partial charge in [0.1, 0.15) is 5.54 Å². The third kappa shape index (κ3) is 1.64. The van der Waals surface area contributed by atoms with Crippen LogP contribution in [0.3, 0.4) is 0 Å². The first-order valence-corrected chi connectivity index (χ1v) is 7.35. The van der Waals surface area contributed by atoms with Crippen molar-refractivity contribution in [1.82, 2.24) is 10.2 Å². The predicted molar refractivity (Wildman–Crippen MR) is 72.8 cm³/mol. The molecule has 1 saturated carbocycles. The SMILES string of the molecule is CC1(C)C2OCCC2C1(N)C(=O)N1CCNC(=O)CC1. The van der Waals surface area contributed by atoms with Gasteiger partial charge in [-0.1, -0.05) is 13.8 Å². The van der Waals surface area contributed by atoms with Gasteiger partial charge in [0.05, 0.1) is 6.10 Å². The topological polar surface area (TPSA) is 84.7 Å². The third-order valence-electron chi connectivity index (χ3n) is 5.41. The van der Waals surface area contributed by atoms with Gasteiger partial charge in [-0.05, 0) is 6.42 Å². The largest absolute Gasteiger partial charge is 0.377 e. The van der Waals surface area contributed by atoms with Crippen molar-refractivity contribution in [1.29, 1.82) is 0 Å². The molecule has 0 bridgehead atoms. The quantitative estimate of drug-likeness (QED) is 0.677. The number of fused-ring (bicyclic) bond motifs is 1. The fourth-order valence-electron chi connectivity index (χ4n) is 4.05. The number of carbonyl (C=O) groups excluding carboxylic acids is 2. The molecule has 3 unspecified atom stereocenters. The molecule has 6 nitrogen and oxygen atoms in total. The number of carbonyl (C=O) groups is 2. The van der Waals surface area contributed by atoms with Gasteiger partial charge in [0.2, 0.25) is 11.8 Å². The van der Waals surface area contributed by atoms with E-state index in [9.17, 15) is 9.59 Å². The molecule has 2 aliphatic heterocycles. The second kappa shape index (κ2) is 4.43. The Bertz CT molecular complexity index is 451. The fourth-order valence-corrected chi connectivity index (χ4v) is 4.05. The van der Waals surface area contributed by atoms with E-state index < -0.39 is 5.54 Å². The van der Waals surface area contributed by atoms with Crippen LogP contribution in [0.5, 0.6) is 0 Å². The number of nitrogens with zero attached hydrogens (tertiary/aromatic N) is 1. The highest BCUT2D eigenvalue weighted by Gasteiger charge is 2.71. The summed E-state index contributed by atoms with van der Waals surface area (Å²) in [4.78, 5) is 26.1. The fraction of sp³-hybridized carbons (Fsp3) is 0.857. The van der Waals surface area contributed by atoms with Gasteiger partial charge in [-0.3, -0.25) is 9.59 Å². The normalized spacial score (nSPS) is 39.5. The summed E-state index contributed by atoms with van der Waals surface area (Å²) in [6, 6.07) is 0. The molecule has 0 aromatic carbocycles. The van der Waals surface area contributed by atoms with Crippen molar-refractivity contribution < 1.29 is 14.3 Å². The minimum absolute atomic E-state index is 0.00122. The minimum Gasteiger partial charge on any atom is -0.377 e. The average Bonchev–Trinajstić information content (AvgIpc) is 2.79. The molecule has 3 atom stereocenters. The molecule has 3 fully saturated rings. The maximum atomic E-state index is 12.9. The molecule has 0 spiro atoms. The van der Waals surface area contributed by atoms with Crippen molar-refractivity contribution in [2.45, 2.75) is 38.3 Å². The number of nitrogens with one attached hydrogen (secondary N) is 1. The van der Waals surface area contributed by atoms with Crippen LogP contribution < -0.4 is 11.1 Å². The van der Waals surface area contributed by atoms with Crippen molar-refractivity contribution in [3.8, 4) is 0 Å². The van der Waals surface area contributed by atoms with E-state index in [0.717, 1.165) is 6.42 Å². The van der Waals surface area contributed by atoms with Gasteiger partial charge >= 0.3 is 0 Å². The van der Waals surface area contributed by atoms with Crippen LogP contribution in [0, 0.1) is 11.3 Å². The van der Waals surface area contributed by atoms with Gasteiger partial charge in [0, 0.05) is 44.0 Å². The van der Waals surface area contributed by atoms with Crippen LogP contribution in [0.15, 0.2) is 0 Å². The third-order valence-corrected chi connectivity index (χ3v) is 5.41. The Kier molecular flexibility index (Phi) is 3.06. The number of rotatable bonds is 1. The average molecular weight is 281 g/mol. The zero-order chi connectivity index (χ0) is 14.5. The first-order chi connectivity index (χ1) is 9.39. The molecule has 6 heteroatoms. The summed E-state index contributed by atoms with van der Waals surface area (Å²) >= 11 is 0. The molecule has 0 aromatic heterocycles. The molecule has 3 rings (SSSR count). The lowest BCUT2D eigenvalue weighted by Gasteiger charge is -2.61. The second-order valence-electron chi connectivity index (χ2n) is 6.67. The second-order valence-corrected chi connectivity index (χ2v) is 6.67. The van der Waals surface area contributed by atoms with Crippen LogP contribution >= 0.6 is 0 Å². The number of nitrogens with two attached hydrogens (primary N) is 1. The van der Waals surface area contributed by atoms with Crippen LogP contribution in [0.25, 0.3) is 0 Å². The van der Waals surface area contributed by atoms with Crippen molar-refractivity contribution in [3.05, 3.63) is 0 Å². The van der Waals surface area contributed by atoms with E-state index in [-0.39, 0.29) is 29.3 Å². The van der Waals surface area contributed by atoms with E-state index in [2.05, 4.69) is 5.32 Å². The first-order valence-electron chi connectivity index (χ1n) is 7.35. The monoisotopic (exact) mass is 281 g/mol. The smallest absolute Gasteiger partial charge is 0.243 e. The molecule has 1 aliphatic carbocycles. The zero-order valence-corrected chi connectivity index (χ0v) is 12.1. The summed E-state index contributed by atoms with van der Waals surface area (Å²) in [7, 11) is 0. The molecule has 112 valence electrons. The number of hydrogen-bond acceptors (Lipinski definition) is 4. The Morgan fingerprint density at radius 3 is 2.95 bits per heavy atom. The van der Waals surface area contributed by atoms with E-state index in [1.165, 1.54) is 0 Å². The predicted octanol–water partition coefficient (Wildman–Crippen LogP) is -0.523. The van der Waals surface area contributed by atoms with Crippen molar-refractivity contribution in [2.24, 2.45) is 17.1 Å². The molecule has 2 heterocycles. The molecule has 0 aromatic rings. The number of amides is 2. The van der Waals surface area contributed by atoms with Crippen LogP contribution in [0.1, 0.15) is 26.7 Å². The Morgan fingerprint density at radius 2 is 2.20 bits per heavy atom. The summed E-state index contributed by atoms with van der Waals surface area (Å²) in [5.41, 5.74) is 5.34. The Labute approximate surface area is 119 Å². The van der Waals surface area contributed by atoms with Crippen molar-refractivity contribution in [3.63, 3.8) is 0 Å². The molecule has 2 amide bonds. The summed E-state index contributed by atoms with van der Waals surface area (Å²) in [5, 5.41) is 2.79. The van der Waals surface area contributed by atoms with Crippen molar-refractivity contribution in [2.75, 3.05) is 26.2 Å². The lowest BCUT2D eigenvalue weighted by Crippen LogP contribution is -2.80. The van der Waals surface area contributed by atoms with Gasteiger partial charge in [0.15, 0.2) is 0 Å². The standard InChI is InChI=1S/C14H23N3O3/c1-13(2)11-9(4-8-20-11)14(13,15)12(19)17-6-3-10(18)16-5-7-17/h9,11H,3-8,15H2,1-2H3,(H,16,18). The Hall–Kier alpha value is -1.14. The van der Waals surface area contributed by atoms with Gasteiger partial charge in [-0.25, -0.2) is 0 Å². The van der Waals surface area contributed by atoms with E-state index in [0.29, 0.717) is 32.7 Å². The molecular weight excluding hydrogens is 258 g/mol. The number of hydrogen-bond donors (Lipinski definition) is 2. The van der Waals surface area contributed by atoms with Gasteiger partial charge in [-0.2, -0.15) is 0 Å². The Balaban J connectivity index is 1.80. The van der Waals surface area contributed by atoms with Gasteiger partial charge in [0.25, 0.3) is 0 Å². The van der Waals surface area contributed by atoms with Gasteiger partial charge in [-0.15, -0.1) is 0 Å². The minimum atomic E-state index is -0.860. The maximum absolute atomic E-state index is 12.9. The zero-order valence-electron chi connectivity index (χ0n) is 12.1. The van der Waals surface area contributed by atoms with Crippen LogP contribution in [0.4, 0.5) is 0 Å². The van der Waals surface area contributed by atoms with E-state index >= 15 is 0 Å². The Morgan fingerprint density at radius 1 is 1.45 bits per heavy atom. The van der Waals surface area contributed by atoms with Crippen molar-refractivity contribution >= 4 is 11.8 Å². The molecular formula is C14H23N3O3. The summed E-state index contributed by atoms with van der Waals surface area (Å²) in [6.07, 6.45) is 1.29. The first kappa shape index (κ1) is 13.8. The van der Waals surface area contributed by atoms with E-state index in [1.807, 2.05) is 13.8 Å². The lowest BCUT2D eigenvalue weighted by molar-refractivity contribution is -0.184. The van der Waals surface area contributed by atoms with E-state index in [4.69, 9.17) is 10.5 Å². The van der Waals surface area contributed by atoms with E-state index in [1.54, 1.807) is 4.90 Å². The van der Waals surface area contributed by atoms with Crippen LogP contribution in [-0.2, 0) is 14.3 Å². The maximum Gasteiger partial charge on any atom is 0.243 e. The summed E-state index contributed by atoms with van der Waals surface area (Å²) in [6.45, 7) is 6.21. The molecule has 20 heavy (non-hydrogen) atoms. The highest BCUT2D eigenvalue weighted by Crippen LogP contribution is 2.58. The molecule has 0 radical (unpaired) electrons. The van der Waals surface area contributed by atoms with Gasteiger partial charge < -0.3 is 20.7 Å². The van der Waals surface area contributed by atoms with Crippen LogP contribution in [-0.4, -0.2) is 54.6 Å². The highest BCUT2D eigenvalue weighted by atomic mass is 16.5. The van der Waals surface area contributed by atoms with Crippen LogP contribution in [0.2, 0.25) is 0 Å². The molecule has 2 saturated heterocycles. The molecule has 3 aliphatic rings.